The van der Waals surface area contributed by atoms with Crippen molar-refractivity contribution in [1.82, 2.24) is 14.5 Å². The second kappa shape index (κ2) is 8.48. The number of carbonyl (C=O) groups is 1. The molecule has 0 fully saturated rings. The molecule has 10 heteroatoms. The summed E-state index contributed by atoms with van der Waals surface area (Å²) in [5.74, 6) is -0.415. The van der Waals surface area contributed by atoms with Gasteiger partial charge in [0, 0.05) is 29.6 Å². The monoisotopic (exact) mass is 436 g/mol. The maximum absolute atomic E-state index is 12.7. The van der Waals surface area contributed by atoms with Gasteiger partial charge < -0.3 is 0 Å². The highest BCUT2D eigenvalue weighted by molar-refractivity contribution is 7.89. The minimum atomic E-state index is -3.64. The van der Waals surface area contributed by atoms with E-state index in [0.717, 1.165) is 5.56 Å². The fraction of sp³-hybridized carbons (Fsp3) is 0.278. The molecule has 0 aliphatic carbocycles. The lowest BCUT2D eigenvalue weighted by molar-refractivity contribution is 0.102. The number of aryl methyl sites for hydroxylation is 1. The first-order valence-corrected chi connectivity index (χ1v) is 11.8. The number of thiophene rings is 1. The van der Waals surface area contributed by atoms with Crippen molar-refractivity contribution in [3.05, 3.63) is 46.2 Å². The number of nitrogens with zero attached hydrogens (tertiary/aromatic N) is 3. The van der Waals surface area contributed by atoms with Crippen molar-refractivity contribution in [2.45, 2.75) is 25.7 Å². The molecule has 1 N–H and O–H groups in total. The van der Waals surface area contributed by atoms with Gasteiger partial charge in [0.05, 0.1) is 4.90 Å². The zero-order chi connectivity index (χ0) is 20.3. The van der Waals surface area contributed by atoms with Crippen LogP contribution in [0.15, 0.2) is 39.9 Å². The highest BCUT2D eigenvalue weighted by Crippen LogP contribution is 2.28. The van der Waals surface area contributed by atoms with Crippen molar-refractivity contribution in [3.8, 4) is 10.6 Å². The molecule has 0 unspecified atom stereocenters. The molecule has 0 saturated carbocycles. The molecule has 1 aromatic carbocycles. The molecule has 0 saturated heterocycles. The van der Waals surface area contributed by atoms with Crippen LogP contribution in [-0.4, -0.2) is 41.9 Å². The standard InChI is InChI=1S/C18H20N4O3S3/c1-4-22(5-2)28(24,25)14-7-6-12(3)15(10-14)16(23)19-18-21-20-17(27-18)13-8-9-26-11-13/h6-11H,4-5H2,1-3H3,(H,19,21,23). The summed E-state index contributed by atoms with van der Waals surface area (Å²) in [6.07, 6.45) is 0. The normalized spacial score (nSPS) is 11.7. The molecule has 28 heavy (non-hydrogen) atoms. The predicted molar refractivity (Wildman–Crippen MR) is 112 cm³/mol. The molecule has 3 aromatic rings. The third-order valence-corrected chi connectivity index (χ3v) is 7.83. The van der Waals surface area contributed by atoms with Gasteiger partial charge in [0.2, 0.25) is 15.2 Å². The van der Waals surface area contributed by atoms with Crippen molar-refractivity contribution in [1.29, 1.82) is 0 Å². The van der Waals surface area contributed by atoms with Gasteiger partial charge in [-0.3, -0.25) is 10.1 Å². The second-order valence-corrected chi connectivity index (χ2v) is 9.64. The van der Waals surface area contributed by atoms with E-state index in [-0.39, 0.29) is 4.90 Å². The van der Waals surface area contributed by atoms with E-state index in [2.05, 4.69) is 15.5 Å². The summed E-state index contributed by atoms with van der Waals surface area (Å²) < 4.78 is 26.9. The van der Waals surface area contributed by atoms with Crippen LogP contribution in [0.3, 0.4) is 0 Å². The van der Waals surface area contributed by atoms with E-state index in [9.17, 15) is 13.2 Å². The van der Waals surface area contributed by atoms with Crippen LogP contribution in [0.25, 0.3) is 10.6 Å². The Kier molecular flexibility index (Phi) is 6.23. The van der Waals surface area contributed by atoms with Crippen LogP contribution in [0.1, 0.15) is 29.8 Å². The number of benzene rings is 1. The number of aromatic nitrogens is 2. The number of rotatable bonds is 7. The molecule has 2 aromatic heterocycles. The van der Waals surface area contributed by atoms with Crippen molar-refractivity contribution in [2.75, 3.05) is 18.4 Å². The highest BCUT2D eigenvalue weighted by atomic mass is 32.2. The van der Waals surface area contributed by atoms with Gasteiger partial charge >= 0.3 is 0 Å². The van der Waals surface area contributed by atoms with E-state index >= 15 is 0 Å². The lowest BCUT2D eigenvalue weighted by atomic mass is 10.1. The number of hydrogen-bond donors (Lipinski definition) is 1. The Morgan fingerprint density at radius 3 is 2.57 bits per heavy atom. The maximum Gasteiger partial charge on any atom is 0.257 e. The Labute approximate surface area is 172 Å². The maximum atomic E-state index is 12.7. The summed E-state index contributed by atoms with van der Waals surface area (Å²) >= 11 is 2.82. The summed E-state index contributed by atoms with van der Waals surface area (Å²) in [6, 6.07) is 6.52. The average molecular weight is 437 g/mol. The molecule has 148 valence electrons. The highest BCUT2D eigenvalue weighted by Gasteiger charge is 2.23. The van der Waals surface area contributed by atoms with Crippen LogP contribution < -0.4 is 5.32 Å². The van der Waals surface area contributed by atoms with E-state index < -0.39 is 15.9 Å². The minimum Gasteiger partial charge on any atom is -0.296 e. The molecule has 0 atom stereocenters. The zero-order valence-electron chi connectivity index (χ0n) is 15.7. The van der Waals surface area contributed by atoms with E-state index in [1.54, 1.807) is 38.2 Å². The topological polar surface area (TPSA) is 92.3 Å². The van der Waals surface area contributed by atoms with E-state index in [4.69, 9.17) is 0 Å². The van der Waals surface area contributed by atoms with Gasteiger partial charge in [0.1, 0.15) is 5.01 Å². The van der Waals surface area contributed by atoms with E-state index in [1.165, 1.54) is 27.8 Å². The average Bonchev–Trinajstić information content (AvgIpc) is 3.34. The first-order valence-electron chi connectivity index (χ1n) is 8.65. The fourth-order valence-electron chi connectivity index (χ4n) is 2.66. The van der Waals surface area contributed by atoms with Crippen molar-refractivity contribution >= 4 is 43.7 Å². The summed E-state index contributed by atoms with van der Waals surface area (Å²) in [5.41, 5.74) is 1.92. The lowest BCUT2D eigenvalue weighted by Gasteiger charge is -2.19. The molecule has 0 spiro atoms. The smallest absolute Gasteiger partial charge is 0.257 e. The van der Waals surface area contributed by atoms with Crippen molar-refractivity contribution in [3.63, 3.8) is 0 Å². The van der Waals surface area contributed by atoms with Crippen LogP contribution in [0.4, 0.5) is 5.13 Å². The molecule has 1 amide bonds. The third kappa shape index (κ3) is 4.14. The molecule has 7 nitrogen and oxygen atoms in total. The van der Waals surface area contributed by atoms with E-state index in [1.807, 2.05) is 16.8 Å². The minimum absolute atomic E-state index is 0.100. The van der Waals surface area contributed by atoms with Gasteiger partial charge in [0.15, 0.2) is 0 Å². The number of hydrogen-bond acceptors (Lipinski definition) is 7. The second-order valence-electron chi connectivity index (χ2n) is 5.94. The molecule has 0 aliphatic rings. The van der Waals surface area contributed by atoms with Gasteiger partial charge in [-0.25, -0.2) is 8.42 Å². The summed E-state index contributed by atoms with van der Waals surface area (Å²) in [6.45, 7) is 6.06. The number of carbonyl (C=O) groups excluding carboxylic acids is 1. The first kappa shape index (κ1) is 20.6. The van der Waals surface area contributed by atoms with Gasteiger partial charge in [-0.15, -0.1) is 10.2 Å². The fourth-order valence-corrected chi connectivity index (χ4v) is 5.59. The number of amides is 1. The molecular weight excluding hydrogens is 416 g/mol. The van der Waals surface area contributed by atoms with Crippen molar-refractivity contribution in [2.24, 2.45) is 0 Å². The zero-order valence-corrected chi connectivity index (χ0v) is 18.1. The van der Waals surface area contributed by atoms with Crippen LogP contribution in [0, 0.1) is 6.92 Å². The Morgan fingerprint density at radius 1 is 1.18 bits per heavy atom. The number of anilines is 1. The van der Waals surface area contributed by atoms with Gasteiger partial charge in [-0.2, -0.15) is 15.6 Å². The third-order valence-electron chi connectivity index (χ3n) is 4.21. The Morgan fingerprint density at radius 2 is 1.93 bits per heavy atom. The lowest BCUT2D eigenvalue weighted by Crippen LogP contribution is -2.30. The largest absolute Gasteiger partial charge is 0.296 e. The Bertz CT molecular complexity index is 1070. The summed E-state index contributed by atoms with van der Waals surface area (Å²) in [5, 5.41) is 15.8. The first-order chi connectivity index (χ1) is 13.4. The van der Waals surface area contributed by atoms with Gasteiger partial charge in [0.25, 0.3) is 5.91 Å². The SMILES string of the molecule is CCN(CC)S(=O)(=O)c1ccc(C)c(C(=O)Nc2nnc(-c3ccsc3)s2)c1. The van der Waals surface area contributed by atoms with Crippen LogP contribution in [0.5, 0.6) is 0 Å². The number of sulfonamides is 1. The van der Waals surface area contributed by atoms with Crippen LogP contribution in [-0.2, 0) is 10.0 Å². The number of nitrogens with one attached hydrogen (secondary N) is 1. The van der Waals surface area contributed by atoms with Crippen molar-refractivity contribution < 1.29 is 13.2 Å². The summed E-state index contributed by atoms with van der Waals surface area (Å²) in [7, 11) is -3.64. The predicted octanol–water partition coefficient (Wildman–Crippen LogP) is 3.86. The molecular formula is C18H20N4O3S3. The Balaban J connectivity index is 1.86. The molecule has 0 radical (unpaired) electrons. The molecule has 0 aliphatic heterocycles. The molecule has 2 heterocycles. The molecule has 3 rings (SSSR count). The quantitative estimate of drug-likeness (QED) is 0.607. The van der Waals surface area contributed by atoms with Gasteiger partial charge in [-0.05, 0) is 36.1 Å². The van der Waals surface area contributed by atoms with E-state index in [0.29, 0.717) is 34.4 Å². The summed E-state index contributed by atoms with van der Waals surface area (Å²) in [4.78, 5) is 12.8. The Hall–Kier alpha value is -2.14. The van der Waals surface area contributed by atoms with Crippen LogP contribution in [0.2, 0.25) is 0 Å². The van der Waals surface area contributed by atoms with Gasteiger partial charge in [-0.1, -0.05) is 31.3 Å². The van der Waals surface area contributed by atoms with Crippen LogP contribution >= 0.6 is 22.7 Å². The molecule has 0 bridgehead atoms.